The van der Waals surface area contributed by atoms with E-state index in [1.165, 1.54) is 12.8 Å². The fraction of sp³-hybridized carbons (Fsp3) is 0.357. The third-order valence-corrected chi connectivity index (χ3v) is 3.65. The highest BCUT2D eigenvalue weighted by Gasteiger charge is 2.25. The van der Waals surface area contributed by atoms with Crippen LogP contribution >= 0.6 is 11.6 Å². The average molecular weight is 247 g/mol. The molecule has 3 rings (SSSR count). The van der Waals surface area contributed by atoms with Crippen molar-refractivity contribution in [3.8, 4) is 5.69 Å². The van der Waals surface area contributed by atoms with Gasteiger partial charge in [-0.1, -0.05) is 31.0 Å². The van der Waals surface area contributed by atoms with Crippen molar-refractivity contribution in [2.45, 2.75) is 24.6 Å². The second-order valence-electron chi connectivity index (χ2n) is 4.70. The lowest BCUT2D eigenvalue weighted by atomic mass is 10.1. The molecule has 0 N–H and O–H groups in total. The van der Waals surface area contributed by atoms with Crippen LogP contribution in [0.15, 0.2) is 42.7 Å². The average Bonchev–Trinajstić information content (AvgIpc) is 3.04. The molecule has 2 aromatic rings. The molecule has 0 radical (unpaired) electrons. The second-order valence-corrected chi connectivity index (χ2v) is 5.23. The van der Waals surface area contributed by atoms with Crippen molar-refractivity contribution >= 4 is 11.6 Å². The Labute approximate surface area is 106 Å². The summed E-state index contributed by atoms with van der Waals surface area (Å²) in [6.45, 7) is 0. The summed E-state index contributed by atoms with van der Waals surface area (Å²) >= 11 is 6.39. The minimum atomic E-state index is 0.111. The second kappa shape index (κ2) is 4.53. The molecule has 1 unspecified atom stereocenters. The highest BCUT2D eigenvalue weighted by atomic mass is 35.5. The molecule has 0 aliphatic heterocycles. The molecule has 1 fully saturated rings. The summed E-state index contributed by atoms with van der Waals surface area (Å²) in [6, 6.07) is 10.1. The molecule has 1 saturated carbocycles. The van der Waals surface area contributed by atoms with E-state index in [-0.39, 0.29) is 5.38 Å². The maximum Gasteiger partial charge on any atom is 0.0645 e. The van der Waals surface area contributed by atoms with Gasteiger partial charge in [0.05, 0.1) is 17.3 Å². The Bertz CT molecular complexity index is 488. The van der Waals surface area contributed by atoms with Gasteiger partial charge in [-0.25, -0.2) is 4.68 Å². The molecule has 2 nitrogen and oxygen atoms in total. The number of alkyl halides is 1. The largest absolute Gasteiger partial charge is 0.241 e. The van der Waals surface area contributed by atoms with Gasteiger partial charge in [-0.15, -0.1) is 11.6 Å². The number of rotatable bonds is 4. The van der Waals surface area contributed by atoms with Crippen molar-refractivity contribution in [2.24, 2.45) is 5.92 Å². The highest BCUT2D eigenvalue weighted by Crippen LogP contribution is 2.40. The van der Waals surface area contributed by atoms with Crippen LogP contribution in [0, 0.1) is 5.92 Å². The van der Waals surface area contributed by atoms with Gasteiger partial charge in [0.25, 0.3) is 0 Å². The zero-order valence-corrected chi connectivity index (χ0v) is 10.3. The quantitative estimate of drug-likeness (QED) is 0.747. The molecule has 1 aliphatic carbocycles. The number of para-hydroxylation sites is 1. The minimum Gasteiger partial charge on any atom is -0.241 e. The number of benzene rings is 1. The molecule has 1 heterocycles. The SMILES string of the molecule is ClC(CC1CC1)c1cnn(-c2ccccc2)c1. The third-order valence-electron chi connectivity index (χ3n) is 3.22. The number of aromatic nitrogens is 2. The monoisotopic (exact) mass is 246 g/mol. The van der Waals surface area contributed by atoms with Crippen LogP contribution in [0.25, 0.3) is 5.69 Å². The predicted molar refractivity (Wildman–Crippen MR) is 69.5 cm³/mol. The molecule has 0 amide bonds. The molecular formula is C14H15ClN2. The lowest BCUT2D eigenvalue weighted by Crippen LogP contribution is -1.93. The van der Waals surface area contributed by atoms with Crippen LogP contribution in [0.2, 0.25) is 0 Å². The van der Waals surface area contributed by atoms with Crippen LogP contribution < -0.4 is 0 Å². The predicted octanol–water partition coefficient (Wildman–Crippen LogP) is 3.95. The van der Waals surface area contributed by atoms with Crippen molar-refractivity contribution in [1.29, 1.82) is 0 Å². The molecule has 1 aromatic carbocycles. The summed E-state index contributed by atoms with van der Waals surface area (Å²) in [4.78, 5) is 0. The minimum absolute atomic E-state index is 0.111. The maximum absolute atomic E-state index is 6.39. The van der Waals surface area contributed by atoms with Crippen molar-refractivity contribution in [2.75, 3.05) is 0 Å². The van der Waals surface area contributed by atoms with Crippen LogP contribution in [-0.4, -0.2) is 9.78 Å². The first-order valence-electron chi connectivity index (χ1n) is 6.07. The van der Waals surface area contributed by atoms with E-state index in [0.717, 1.165) is 23.6 Å². The molecule has 1 aromatic heterocycles. The van der Waals surface area contributed by atoms with E-state index in [2.05, 4.69) is 5.10 Å². The Hall–Kier alpha value is -1.28. The van der Waals surface area contributed by atoms with Crippen LogP contribution in [0.3, 0.4) is 0 Å². The Morgan fingerprint density at radius 3 is 2.76 bits per heavy atom. The molecule has 0 bridgehead atoms. The summed E-state index contributed by atoms with van der Waals surface area (Å²) in [7, 11) is 0. The maximum atomic E-state index is 6.39. The Morgan fingerprint density at radius 1 is 1.29 bits per heavy atom. The number of nitrogens with zero attached hydrogens (tertiary/aromatic N) is 2. The smallest absolute Gasteiger partial charge is 0.0645 e. The van der Waals surface area contributed by atoms with Gasteiger partial charge in [0.1, 0.15) is 0 Å². The molecule has 1 aliphatic rings. The van der Waals surface area contributed by atoms with Crippen LogP contribution in [-0.2, 0) is 0 Å². The first kappa shape index (κ1) is 10.8. The van der Waals surface area contributed by atoms with Gasteiger partial charge in [-0.05, 0) is 24.5 Å². The summed E-state index contributed by atoms with van der Waals surface area (Å²) in [5, 5.41) is 4.48. The molecule has 0 saturated heterocycles. The number of hydrogen-bond donors (Lipinski definition) is 0. The van der Waals surface area contributed by atoms with E-state index in [1.54, 1.807) is 0 Å². The van der Waals surface area contributed by atoms with E-state index in [0.29, 0.717) is 0 Å². The first-order chi connectivity index (χ1) is 8.33. The highest BCUT2D eigenvalue weighted by molar-refractivity contribution is 6.20. The fourth-order valence-electron chi connectivity index (χ4n) is 2.00. The van der Waals surface area contributed by atoms with Gasteiger partial charge in [0.2, 0.25) is 0 Å². The summed E-state index contributed by atoms with van der Waals surface area (Å²) in [6.07, 6.45) is 7.69. The zero-order valence-electron chi connectivity index (χ0n) is 9.59. The Balaban J connectivity index is 1.77. The third kappa shape index (κ3) is 2.52. The van der Waals surface area contributed by atoms with E-state index in [9.17, 15) is 0 Å². The van der Waals surface area contributed by atoms with E-state index in [4.69, 9.17) is 11.6 Å². The van der Waals surface area contributed by atoms with E-state index < -0.39 is 0 Å². The lowest BCUT2D eigenvalue weighted by molar-refractivity contribution is 0.706. The Morgan fingerprint density at radius 2 is 2.06 bits per heavy atom. The first-order valence-corrected chi connectivity index (χ1v) is 6.50. The standard InChI is InChI=1S/C14H15ClN2/c15-14(8-11-6-7-11)12-9-16-17(10-12)13-4-2-1-3-5-13/h1-5,9-11,14H,6-8H2. The van der Waals surface area contributed by atoms with Gasteiger partial charge < -0.3 is 0 Å². The van der Waals surface area contributed by atoms with Crippen LogP contribution in [0.1, 0.15) is 30.2 Å². The summed E-state index contributed by atoms with van der Waals surface area (Å²) in [5.74, 6) is 0.845. The van der Waals surface area contributed by atoms with E-state index in [1.807, 2.05) is 47.4 Å². The zero-order chi connectivity index (χ0) is 11.7. The molecule has 1 atom stereocenters. The number of hydrogen-bond acceptors (Lipinski definition) is 1. The lowest BCUT2D eigenvalue weighted by Gasteiger charge is -2.04. The van der Waals surface area contributed by atoms with E-state index >= 15 is 0 Å². The van der Waals surface area contributed by atoms with Crippen molar-refractivity contribution in [3.63, 3.8) is 0 Å². The normalized spacial score (nSPS) is 17.0. The van der Waals surface area contributed by atoms with Gasteiger partial charge in [0, 0.05) is 11.8 Å². The van der Waals surface area contributed by atoms with Gasteiger partial charge in [-0.2, -0.15) is 5.10 Å². The van der Waals surface area contributed by atoms with Gasteiger partial charge in [0.15, 0.2) is 0 Å². The topological polar surface area (TPSA) is 17.8 Å². The van der Waals surface area contributed by atoms with Crippen molar-refractivity contribution < 1.29 is 0 Å². The van der Waals surface area contributed by atoms with Gasteiger partial charge in [-0.3, -0.25) is 0 Å². The summed E-state index contributed by atoms with van der Waals surface area (Å²) in [5.41, 5.74) is 2.21. The van der Waals surface area contributed by atoms with Crippen LogP contribution in [0.4, 0.5) is 0 Å². The van der Waals surface area contributed by atoms with Crippen molar-refractivity contribution in [1.82, 2.24) is 9.78 Å². The number of halogens is 1. The molecule has 0 spiro atoms. The Kier molecular flexibility index (Phi) is 2.89. The molecule has 88 valence electrons. The molecule has 17 heavy (non-hydrogen) atoms. The molecular weight excluding hydrogens is 232 g/mol. The van der Waals surface area contributed by atoms with Crippen LogP contribution in [0.5, 0.6) is 0 Å². The molecule has 3 heteroatoms. The van der Waals surface area contributed by atoms with Crippen molar-refractivity contribution in [3.05, 3.63) is 48.3 Å². The van der Waals surface area contributed by atoms with Gasteiger partial charge >= 0.3 is 0 Å². The summed E-state index contributed by atoms with van der Waals surface area (Å²) < 4.78 is 1.89. The fourth-order valence-corrected chi connectivity index (χ4v) is 2.37.